The van der Waals surface area contributed by atoms with E-state index in [0.29, 0.717) is 0 Å². The van der Waals surface area contributed by atoms with Crippen molar-refractivity contribution in [2.24, 2.45) is 0 Å². The van der Waals surface area contributed by atoms with Crippen LogP contribution in [0.3, 0.4) is 0 Å². The van der Waals surface area contributed by atoms with E-state index in [0.717, 1.165) is 10.8 Å². The Balaban J connectivity index is 0.00000121. The summed E-state index contributed by atoms with van der Waals surface area (Å²) < 4.78 is 0. The second-order valence-corrected chi connectivity index (χ2v) is 4.23. The molecule has 12 heavy (non-hydrogen) atoms. The summed E-state index contributed by atoms with van der Waals surface area (Å²) in [7, 11) is 3.20. The van der Waals surface area contributed by atoms with Crippen LogP contribution in [0.15, 0.2) is 29.4 Å². The van der Waals surface area contributed by atoms with Crippen LogP contribution in [0.1, 0.15) is 0 Å². The fraction of sp³-hybridized carbons (Fsp3) is 0.286. The Labute approximate surface area is 79.3 Å². The van der Waals surface area contributed by atoms with Crippen molar-refractivity contribution < 1.29 is 10.6 Å². The van der Waals surface area contributed by atoms with Gasteiger partial charge in [0.25, 0.3) is 0 Å². The van der Waals surface area contributed by atoms with Crippen LogP contribution in [-0.4, -0.2) is 27.9 Å². The molecule has 0 amide bonds. The Morgan fingerprint density at radius 2 is 2.25 bits per heavy atom. The lowest BCUT2D eigenvalue weighted by atomic mass is 10.5. The molecular weight excluding hydrogens is 194 g/mol. The number of aliphatic hydroxyl groups is 1. The lowest BCUT2D eigenvalue weighted by Crippen LogP contribution is -1.82. The van der Waals surface area contributed by atoms with E-state index in [1.54, 1.807) is 27.8 Å². The summed E-state index contributed by atoms with van der Waals surface area (Å²) in [5.41, 5.74) is 0. The van der Waals surface area contributed by atoms with E-state index in [1.807, 2.05) is 18.2 Å². The molecule has 0 unspecified atom stereocenters. The van der Waals surface area contributed by atoms with Gasteiger partial charge in [-0.05, 0) is 22.9 Å². The third kappa shape index (κ3) is 4.61. The molecule has 0 atom stereocenters. The molecule has 0 bridgehead atoms. The molecule has 0 spiro atoms. The minimum absolute atomic E-state index is 0. The summed E-state index contributed by atoms with van der Waals surface area (Å²) in [5, 5.41) is 9.48. The van der Waals surface area contributed by atoms with E-state index in [4.69, 9.17) is 5.11 Å². The van der Waals surface area contributed by atoms with Crippen molar-refractivity contribution in [2.75, 3.05) is 12.4 Å². The monoisotopic (exact) mass is 205 g/mol. The number of aromatic nitrogens is 1. The third-order valence-electron chi connectivity index (χ3n) is 0.957. The first-order valence-electron chi connectivity index (χ1n) is 3.25. The molecule has 0 aliphatic heterocycles. The van der Waals surface area contributed by atoms with Crippen LogP contribution in [0, 0.1) is 0 Å². The predicted molar refractivity (Wildman–Crippen MR) is 53.3 cm³/mol. The van der Waals surface area contributed by atoms with Crippen LogP contribution in [-0.2, 0) is 0 Å². The second-order valence-electron chi connectivity index (χ2n) is 1.80. The molecule has 5 heteroatoms. The molecule has 1 rings (SSSR count). The quantitative estimate of drug-likeness (QED) is 0.588. The van der Waals surface area contributed by atoms with Gasteiger partial charge in [-0.3, -0.25) is 0 Å². The van der Waals surface area contributed by atoms with Gasteiger partial charge >= 0.3 is 0 Å². The number of hydrogen-bond acceptors (Lipinski definition) is 4. The highest BCUT2D eigenvalue weighted by atomic mass is 33.1. The average Bonchev–Trinajstić information content (AvgIpc) is 2.07. The van der Waals surface area contributed by atoms with Gasteiger partial charge in [-0.15, -0.1) is 0 Å². The van der Waals surface area contributed by atoms with Gasteiger partial charge in [0.2, 0.25) is 0 Å². The highest BCUT2D eigenvalue weighted by Crippen LogP contribution is 2.27. The maximum atomic E-state index is 8.49. The zero-order valence-electron chi connectivity index (χ0n) is 6.43. The van der Waals surface area contributed by atoms with Gasteiger partial charge in [0, 0.05) is 11.9 Å². The first kappa shape index (κ1) is 11.8. The minimum Gasteiger partial charge on any atom is -0.412 e. The van der Waals surface area contributed by atoms with Crippen molar-refractivity contribution in [1.82, 2.24) is 4.98 Å². The van der Waals surface area contributed by atoms with E-state index in [-0.39, 0.29) is 12.1 Å². The van der Waals surface area contributed by atoms with Gasteiger partial charge in [0.1, 0.15) is 5.03 Å². The third-order valence-corrected chi connectivity index (χ3v) is 3.20. The molecule has 68 valence electrons. The molecule has 3 nitrogen and oxygen atoms in total. The smallest absolute Gasteiger partial charge is 0.106 e. The molecule has 0 saturated heterocycles. The average molecular weight is 205 g/mol. The van der Waals surface area contributed by atoms with E-state index in [1.165, 1.54) is 0 Å². The van der Waals surface area contributed by atoms with Crippen LogP contribution in [0.25, 0.3) is 0 Å². The van der Waals surface area contributed by atoms with Gasteiger partial charge in [-0.25, -0.2) is 4.98 Å². The Morgan fingerprint density at radius 1 is 1.42 bits per heavy atom. The van der Waals surface area contributed by atoms with Crippen LogP contribution >= 0.6 is 21.6 Å². The van der Waals surface area contributed by atoms with Gasteiger partial charge in [0.05, 0.1) is 6.61 Å². The summed E-state index contributed by atoms with van der Waals surface area (Å²) in [5.74, 6) is 0.751. The van der Waals surface area contributed by atoms with Crippen LogP contribution < -0.4 is 0 Å². The molecule has 0 fully saturated rings. The van der Waals surface area contributed by atoms with Crippen LogP contribution in [0.2, 0.25) is 0 Å². The van der Waals surface area contributed by atoms with Crippen molar-refractivity contribution in [3.05, 3.63) is 24.4 Å². The van der Waals surface area contributed by atoms with Gasteiger partial charge in [-0.2, -0.15) is 0 Å². The lowest BCUT2D eigenvalue weighted by Gasteiger charge is -1.95. The normalized spacial score (nSPS) is 9.08. The zero-order chi connectivity index (χ0) is 7.94. The van der Waals surface area contributed by atoms with Crippen molar-refractivity contribution >= 4 is 21.6 Å². The SMILES string of the molecule is O.OCCSSc1ccccn1. The van der Waals surface area contributed by atoms with E-state index >= 15 is 0 Å². The van der Waals surface area contributed by atoms with Crippen molar-refractivity contribution in [1.29, 1.82) is 0 Å². The molecule has 0 aliphatic rings. The van der Waals surface area contributed by atoms with Crippen molar-refractivity contribution in [3.8, 4) is 0 Å². The van der Waals surface area contributed by atoms with E-state index < -0.39 is 0 Å². The summed E-state index contributed by atoms with van der Waals surface area (Å²) in [6.07, 6.45) is 1.77. The second kappa shape index (κ2) is 7.42. The molecule has 0 aromatic carbocycles. The fourth-order valence-electron chi connectivity index (χ4n) is 0.536. The van der Waals surface area contributed by atoms with Crippen LogP contribution in [0.5, 0.6) is 0 Å². The molecule has 1 aromatic heterocycles. The Morgan fingerprint density at radius 3 is 2.83 bits per heavy atom. The molecule has 0 radical (unpaired) electrons. The Hall–Kier alpha value is -0.230. The molecule has 1 aromatic rings. The lowest BCUT2D eigenvalue weighted by molar-refractivity contribution is 0.323. The van der Waals surface area contributed by atoms with Gasteiger partial charge < -0.3 is 10.6 Å². The number of pyridine rings is 1. The standard InChI is InChI=1S/C7H9NOS2.H2O/c9-5-6-10-11-7-3-1-2-4-8-7;/h1-4,9H,5-6H2;1H2. The maximum absolute atomic E-state index is 8.49. The van der Waals surface area contributed by atoms with Crippen molar-refractivity contribution in [3.63, 3.8) is 0 Å². The minimum atomic E-state index is 0. The maximum Gasteiger partial charge on any atom is 0.106 e. The first-order valence-corrected chi connectivity index (χ1v) is 5.57. The number of nitrogens with zero attached hydrogens (tertiary/aromatic N) is 1. The van der Waals surface area contributed by atoms with Gasteiger partial charge in [0.15, 0.2) is 0 Å². The summed E-state index contributed by atoms with van der Waals surface area (Å²) in [6.45, 7) is 0.227. The van der Waals surface area contributed by atoms with E-state index in [2.05, 4.69) is 4.98 Å². The number of hydrogen-bond donors (Lipinski definition) is 1. The predicted octanol–water partition coefficient (Wildman–Crippen LogP) is 0.989. The summed E-state index contributed by atoms with van der Waals surface area (Å²) in [6, 6.07) is 5.80. The first-order chi connectivity index (χ1) is 5.43. The molecule has 0 saturated carbocycles. The Bertz CT molecular complexity index is 196. The molecule has 0 aliphatic carbocycles. The van der Waals surface area contributed by atoms with Crippen LogP contribution in [0.4, 0.5) is 0 Å². The van der Waals surface area contributed by atoms with Gasteiger partial charge in [-0.1, -0.05) is 16.9 Å². The fourth-order valence-corrected chi connectivity index (χ4v) is 2.18. The van der Waals surface area contributed by atoms with Crippen molar-refractivity contribution in [2.45, 2.75) is 5.03 Å². The molecule has 3 N–H and O–H groups in total. The number of aliphatic hydroxyl groups excluding tert-OH is 1. The Kier molecular flexibility index (Phi) is 7.28. The zero-order valence-corrected chi connectivity index (χ0v) is 8.07. The summed E-state index contributed by atoms with van der Waals surface area (Å²) >= 11 is 0. The highest BCUT2D eigenvalue weighted by molar-refractivity contribution is 8.76. The molecular formula is C7H11NO2S2. The highest BCUT2D eigenvalue weighted by Gasteiger charge is 1.92. The largest absolute Gasteiger partial charge is 0.412 e. The number of rotatable bonds is 4. The topological polar surface area (TPSA) is 64.6 Å². The van der Waals surface area contributed by atoms with E-state index in [9.17, 15) is 0 Å². The summed E-state index contributed by atoms with van der Waals surface area (Å²) in [4.78, 5) is 4.11. The molecule has 1 heterocycles.